The van der Waals surface area contributed by atoms with E-state index in [1.165, 1.54) is 0 Å². The Labute approximate surface area is 133 Å². The molecule has 2 aromatic rings. The van der Waals surface area contributed by atoms with Crippen molar-refractivity contribution in [2.45, 2.75) is 19.8 Å². The zero-order chi connectivity index (χ0) is 15.4. The van der Waals surface area contributed by atoms with Crippen molar-refractivity contribution in [1.29, 1.82) is 0 Å². The molecule has 0 saturated carbocycles. The monoisotopic (exact) mass is 326 g/mol. The molecule has 0 amide bonds. The molecule has 1 heterocycles. The van der Waals surface area contributed by atoms with Gasteiger partial charge in [0.1, 0.15) is 12.4 Å². The molecule has 21 heavy (non-hydrogen) atoms. The van der Waals surface area contributed by atoms with E-state index < -0.39 is 0 Å². The quantitative estimate of drug-likeness (QED) is 0.816. The maximum Gasteiger partial charge on any atom is 0.176 e. The summed E-state index contributed by atoms with van der Waals surface area (Å²) in [5, 5.41) is 5.42. The molecule has 4 nitrogen and oxygen atoms in total. The third kappa shape index (κ3) is 3.99. The fourth-order valence-electron chi connectivity index (χ4n) is 1.97. The molecule has 0 aliphatic heterocycles. The lowest BCUT2D eigenvalue weighted by Crippen LogP contribution is -2.16. The smallest absolute Gasteiger partial charge is 0.176 e. The number of halogens is 2. The van der Waals surface area contributed by atoms with Gasteiger partial charge in [-0.2, -0.15) is 5.10 Å². The van der Waals surface area contributed by atoms with Crippen LogP contribution in [0, 0.1) is 0 Å². The summed E-state index contributed by atoms with van der Waals surface area (Å²) >= 11 is 12.1. The Kier molecular flexibility index (Phi) is 5.26. The molecule has 112 valence electrons. The van der Waals surface area contributed by atoms with E-state index in [0.29, 0.717) is 21.5 Å². The van der Waals surface area contributed by atoms with Gasteiger partial charge in [0.25, 0.3) is 0 Å². The molecule has 0 aliphatic carbocycles. The molecule has 0 saturated heterocycles. The van der Waals surface area contributed by atoms with Crippen LogP contribution in [0.25, 0.3) is 0 Å². The number of carbonyl (C=O) groups is 1. The van der Waals surface area contributed by atoms with E-state index in [9.17, 15) is 4.79 Å². The van der Waals surface area contributed by atoms with Gasteiger partial charge < -0.3 is 4.74 Å². The summed E-state index contributed by atoms with van der Waals surface area (Å²) in [6, 6.07) is 6.94. The van der Waals surface area contributed by atoms with Crippen molar-refractivity contribution in [3.8, 4) is 5.75 Å². The van der Waals surface area contributed by atoms with E-state index in [2.05, 4.69) is 5.10 Å². The summed E-state index contributed by atoms with van der Waals surface area (Å²) in [4.78, 5) is 12.0. The fraction of sp³-hybridized carbons (Fsp3) is 0.333. The van der Waals surface area contributed by atoms with Crippen LogP contribution in [0.2, 0.25) is 10.0 Å². The summed E-state index contributed by atoms with van der Waals surface area (Å²) in [6.07, 6.45) is 0.933. The lowest BCUT2D eigenvalue weighted by Gasteiger charge is -2.06. The van der Waals surface area contributed by atoms with Crippen molar-refractivity contribution in [2.75, 3.05) is 6.61 Å². The Balaban J connectivity index is 1.98. The number of benzene rings is 1. The van der Waals surface area contributed by atoms with Crippen LogP contribution in [0.15, 0.2) is 24.3 Å². The van der Waals surface area contributed by atoms with Crippen LogP contribution >= 0.6 is 23.2 Å². The molecule has 1 aromatic carbocycles. The fourth-order valence-corrected chi connectivity index (χ4v) is 2.51. The Hall–Kier alpha value is -1.52. The Morgan fingerprint density at radius 3 is 2.76 bits per heavy atom. The van der Waals surface area contributed by atoms with Crippen molar-refractivity contribution in [3.05, 3.63) is 45.7 Å². The topological polar surface area (TPSA) is 44.1 Å². The zero-order valence-corrected chi connectivity index (χ0v) is 13.4. The number of carbonyl (C=O) groups excluding carboxylic acids is 1. The molecule has 6 heteroatoms. The van der Waals surface area contributed by atoms with Crippen molar-refractivity contribution in [2.24, 2.45) is 7.05 Å². The summed E-state index contributed by atoms with van der Waals surface area (Å²) in [5.74, 6) is 0.503. The van der Waals surface area contributed by atoms with E-state index >= 15 is 0 Å². The number of Topliss-reactive ketones (excluding diaryl/α,β-unsaturated/α-hetero) is 1. The Morgan fingerprint density at radius 1 is 1.38 bits per heavy atom. The minimum atomic E-state index is -0.0671. The highest BCUT2D eigenvalue weighted by Crippen LogP contribution is 2.22. The van der Waals surface area contributed by atoms with Crippen LogP contribution in [0.3, 0.4) is 0 Å². The van der Waals surface area contributed by atoms with Gasteiger partial charge in [-0.05, 0) is 24.6 Å². The highest BCUT2D eigenvalue weighted by Gasteiger charge is 2.16. The third-order valence-electron chi connectivity index (χ3n) is 3.06. The second kappa shape index (κ2) is 6.96. The van der Waals surface area contributed by atoms with Gasteiger partial charge in [0.15, 0.2) is 5.78 Å². The van der Waals surface area contributed by atoms with E-state index in [4.69, 9.17) is 27.9 Å². The average molecular weight is 327 g/mol. The molecule has 2 rings (SSSR count). The number of aryl methyl sites for hydroxylation is 2. The molecule has 0 bridgehead atoms. The number of ether oxygens (including phenoxy) is 1. The van der Waals surface area contributed by atoms with Crippen molar-refractivity contribution < 1.29 is 9.53 Å². The normalized spacial score (nSPS) is 10.7. The number of hydrogen-bond acceptors (Lipinski definition) is 3. The predicted molar refractivity (Wildman–Crippen MR) is 83.3 cm³/mol. The van der Waals surface area contributed by atoms with Gasteiger partial charge in [-0.15, -0.1) is 0 Å². The van der Waals surface area contributed by atoms with E-state index in [1.54, 1.807) is 36.0 Å². The van der Waals surface area contributed by atoms with Crippen LogP contribution < -0.4 is 4.74 Å². The van der Waals surface area contributed by atoms with Crippen LogP contribution in [0.5, 0.6) is 5.75 Å². The number of aromatic nitrogens is 2. The first-order valence-electron chi connectivity index (χ1n) is 6.61. The second-order valence-corrected chi connectivity index (χ2v) is 5.46. The molecule has 0 radical (unpaired) electrons. The molecule has 0 aliphatic rings. The average Bonchev–Trinajstić information content (AvgIpc) is 2.72. The number of ketones is 1. The SMILES string of the molecule is CCc1nn(C)c(CC(=O)COc2cccc(Cl)c2)c1Cl. The Morgan fingerprint density at radius 2 is 2.14 bits per heavy atom. The van der Waals surface area contributed by atoms with Crippen molar-refractivity contribution >= 4 is 29.0 Å². The number of rotatable bonds is 6. The van der Waals surface area contributed by atoms with Crippen LogP contribution in [-0.4, -0.2) is 22.2 Å². The van der Waals surface area contributed by atoms with Crippen molar-refractivity contribution in [3.63, 3.8) is 0 Å². The third-order valence-corrected chi connectivity index (χ3v) is 3.73. The lowest BCUT2D eigenvalue weighted by molar-refractivity contribution is -0.120. The molecular formula is C15H16Cl2N2O2. The molecule has 0 unspecified atom stereocenters. The highest BCUT2D eigenvalue weighted by molar-refractivity contribution is 6.32. The molecule has 0 N–H and O–H groups in total. The predicted octanol–water partition coefficient (Wildman–Crippen LogP) is 3.48. The van der Waals surface area contributed by atoms with Crippen molar-refractivity contribution in [1.82, 2.24) is 9.78 Å². The minimum Gasteiger partial charge on any atom is -0.486 e. The summed E-state index contributed by atoms with van der Waals surface area (Å²) in [6.45, 7) is 1.95. The number of nitrogens with zero attached hydrogens (tertiary/aromatic N) is 2. The van der Waals surface area contributed by atoms with Gasteiger partial charge in [-0.1, -0.05) is 36.2 Å². The Bertz CT molecular complexity index is 653. The lowest BCUT2D eigenvalue weighted by atomic mass is 10.2. The standard InChI is InChI=1S/C15H16Cl2N2O2/c1-3-13-15(17)14(19(2)18-13)8-11(20)9-21-12-6-4-5-10(16)7-12/h4-7H,3,8-9H2,1-2H3. The first kappa shape index (κ1) is 15.9. The van der Waals surface area contributed by atoms with E-state index in [0.717, 1.165) is 12.1 Å². The van der Waals surface area contributed by atoms with E-state index in [1.807, 2.05) is 6.92 Å². The van der Waals surface area contributed by atoms with Gasteiger partial charge in [0.2, 0.25) is 0 Å². The van der Waals surface area contributed by atoms with Gasteiger partial charge >= 0.3 is 0 Å². The summed E-state index contributed by atoms with van der Waals surface area (Å²) in [5.41, 5.74) is 1.52. The van der Waals surface area contributed by atoms with E-state index in [-0.39, 0.29) is 18.8 Å². The maximum absolute atomic E-state index is 12.0. The largest absolute Gasteiger partial charge is 0.486 e. The molecule has 0 atom stereocenters. The van der Waals surface area contributed by atoms with Crippen LogP contribution in [0.1, 0.15) is 18.3 Å². The van der Waals surface area contributed by atoms with Gasteiger partial charge in [-0.3, -0.25) is 9.48 Å². The summed E-state index contributed by atoms with van der Waals surface area (Å²) < 4.78 is 7.08. The molecule has 0 spiro atoms. The first-order chi connectivity index (χ1) is 10.0. The molecule has 1 aromatic heterocycles. The van der Waals surface area contributed by atoms with Gasteiger partial charge in [0.05, 0.1) is 22.8 Å². The van der Waals surface area contributed by atoms with Gasteiger partial charge in [-0.25, -0.2) is 0 Å². The second-order valence-electron chi connectivity index (χ2n) is 4.65. The molecule has 0 fully saturated rings. The minimum absolute atomic E-state index is 0.0245. The maximum atomic E-state index is 12.0. The highest BCUT2D eigenvalue weighted by atomic mass is 35.5. The van der Waals surface area contributed by atoms with Crippen LogP contribution in [-0.2, 0) is 24.7 Å². The molecular weight excluding hydrogens is 311 g/mol. The van der Waals surface area contributed by atoms with Gasteiger partial charge in [0, 0.05) is 12.1 Å². The summed E-state index contributed by atoms with van der Waals surface area (Å²) in [7, 11) is 1.78. The zero-order valence-electron chi connectivity index (χ0n) is 11.9. The van der Waals surface area contributed by atoms with Crippen LogP contribution in [0.4, 0.5) is 0 Å². The first-order valence-corrected chi connectivity index (χ1v) is 7.37. The number of hydrogen-bond donors (Lipinski definition) is 0.